The van der Waals surface area contributed by atoms with Gasteiger partial charge in [-0.2, -0.15) is 0 Å². The van der Waals surface area contributed by atoms with E-state index in [4.69, 9.17) is 9.47 Å². The average Bonchev–Trinajstić information content (AvgIpc) is 2.25. The predicted molar refractivity (Wildman–Crippen MR) is 60.0 cm³/mol. The second-order valence-corrected chi connectivity index (χ2v) is 3.21. The molecule has 0 unspecified atom stereocenters. The van der Waals surface area contributed by atoms with Gasteiger partial charge in [-0.25, -0.2) is 0 Å². The predicted octanol–water partition coefficient (Wildman–Crippen LogP) is 0.127. The zero-order valence-electron chi connectivity index (χ0n) is 10.1. The Balaban J connectivity index is 4.05. The Morgan fingerprint density at radius 3 is 1.76 bits per heavy atom. The molecule has 0 aliphatic rings. The largest absolute Gasteiger partial charge is 0.464 e. The van der Waals surface area contributed by atoms with Crippen molar-refractivity contribution in [2.24, 2.45) is 0 Å². The van der Waals surface area contributed by atoms with E-state index in [-0.39, 0.29) is 32.2 Å². The van der Waals surface area contributed by atoms with E-state index in [0.717, 1.165) is 6.08 Å². The van der Waals surface area contributed by atoms with Gasteiger partial charge in [-0.05, 0) is 6.08 Å². The van der Waals surface area contributed by atoms with Crippen molar-refractivity contribution in [3.63, 3.8) is 0 Å². The van der Waals surface area contributed by atoms with Crippen LogP contribution in [0.25, 0.3) is 0 Å². The number of amides is 1. The van der Waals surface area contributed by atoms with Crippen molar-refractivity contribution < 1.29 is 23.9 Å². The zero-order chi connectivity index (χ0) is 13.3. The van der Waals surface area contributed by atoms with E-state index in [1.165, 1.54) is 18.7 Å². The fourth-order valence-electron chi connectivity index (χ4n) is 1.06. The smallest absolute Gasteiger partial charge is 0.302 e. The maximum atomic E-state index is 11.4. The number of hydrogen-bond acceptors (Lipinski definition) is 5. The van der Waals surface area contributed by atoms with Crippen LogP contribution in [0.3, 0.4) is 0 Å². The molecule has 17 heavy (non-hydrogen) atoms. The summed E-state index contributed by atoms with van der Waals surface area (Å²) in [5.41, 5.74) is 0. The summed E-state index contributed by atoms with van der Waals surface area (Å²) in [6.07, 6.45) is 1.15. The van der Waals surface area contributed by atoms with E-state index in [2.05, 4.69) is 6.58 Å². The number of hydrogen-bond donors (Lipinski definition) is 0. The van der Waals surface area contributed by atoms with Crippen LogP contribution in [-0.4, -0.2) is 49.0 Å². The maximum absolute atomic E-state index is 11.4. The molecule has 0 saturated carbocycles. The molecule has 0 N–H and O–H groups in total. The van der Waals surface area contributed by atoms with Crippen LogP contribution in [0.4, 0.5) is 0 Å². The molecule has 0 fully saturated rings. The molecule has 1 amide bonds. The SMILES string of the molecule is C=CC(=O)N(CCOC(C)=O)CCOC(C)=O. The Bertz CT molecular complexity index is 280. The molecule has 0 atom stereocenters. The second-order valence-electron chi connectivity index (χ2n) is 3.21. The third-order valence-corrected chi connectivity index (χ3v) is 1.82. The molecule has 0 aliphatic carbocycles. The Labute approximate surface area is 100 Å². The number of nitrogens with zero attached hydrogens (tertiary/aromatic N) is 1. The summed E-state index contributed by atoms with van der Waals surface area (Å²) in [4.78, 5) is 33.9. The van der Waals surface area contributed by atoms with Crippen molar-refractivity contribution in [3.05, 3.63) is 12.7 Å². The van der Waals surface area contributed by atoms with Crippen LogP contribution in [0.5, 0.6) is 0 Å². The lowest BCUT2D eigenvalue weighted by molar-refractivity contribution is -0.144. The minimum Gasteiger partial charge on any atom is -0.464 e. The fraction of sp³-hybridized carbons (Fsp3) is 0.545. The molecule has 0 rings (SSSR count). The van der Waals surface area contributed by atoms with Gasteiger partial charge in [0.05, 0.1) is 13.1 Å². The minimum atomic E-state index is -0.406. The summed E-state index contributed by atoms with van der Waals surface area (Å²) in [7, 11) is 0. The molecule has 6 nitrogen and oxygen atoms in total. The zero-order valence-corrected chi connectivity index (χ0v) is 10.1. The molecule has 96 valence electrons. The molecule has 0 aliphatic heterocycles. The summed E-state index contributed by atoms with van der Waals surface area (Å²) in [5, 5.41) is 0. The number of rotatable bonds is 7. The van der Waals surface area contributed by atoms with Gasteiger partial charge in [0.1, 0.15) is 13.2 Å². The Morgan fingerprint density at radius 1 is 1.06 bits per heavy atom. The normalized spacial score (nSPS) is 9.29. The first-order valence-electron chi connectivity index (χ1n) is 5.15. The summed E-state index contributed by atoms with van der Waals surface area (Å²) in [6, 6.07) is 0. The van der Waals surface area contributed by atoms with E-state index >= 15 is 0 Å². The third-order valence-electron chi connectivity index (χ3n) is 1.82. The van der Waals surface area contributed by atoms with Crippen LogP contribution in [0, 0.1) is 0 Å². The van der Waals surface area contributed by atoms with Crippen LogP contribution in [0.15, 0.2) is 12.7 Å². The maximum Gasteiger partial charge on any atom is 0.302 e. The van der Waals surface area contributed by atoms with Crippen LogP contribution >= 0.6 is 0 Å². The summed E-state index contributed by atoms with van der Waals surface area (Å²) >= 11 is 0. The van der Waals surface area contributed by atoms with Crippen LogP contribution in [0.2, 0.25) is 0 Å². The van der Waals surface area contributed by atoms with E-state index in [9.17, 15) is 14.4 Å². The quantitative estimate of drug-likeness (QED) is 0.469. The van der Waals surface area contributed by atoms with Gasteiger partial charge in [0.2, 0.25) is 5.91 Å². The summed E-state index contributed by atoms with van der Waals surface area (Å²) in [6.45, 7) is 6.64. The molecule has 0 bridgehead atoms. The standard InChI is InChI=1S/C11H17NO5/c1-4-11(15)12(5-7-16-9(2)13)6-8-17-10(3)14/h4H,1,5-8H2,2-3H3. The highest BCUT2D eigenvalue weighted by Gasteiger charge is 2.10. The van der Waals surface area contributed by atoms with E-state index in [0.29, 0.717) is 0 Å². The molecule has 0 aromatic heterocycles. The second kappa shape index (κ2) is 8.32. The van der Waals surface area contributed by atoms with Gasteiger partial charge in [-0.15, -0.1) is 0 Å². The minimum absolute atomic E-state index is 0.106. The highest BCUT2D eigenvalue weighted by Crippen LogP contribution is 1.93. The van der Waals surface area contributed by atoms with E-state index in [1.54, 1.807) is 0 Å². The number of ether oxygens (including phenoxy) is 2. The van der Waals surface area contributed by atoms with Gasteiger partial charge in [-0.3, -0.25) is 14.4 Å². The van der Waals surface area contributed by atoms with Crippen molar-refractivity contribution in [1.29, 1.82) is 0 Å². The van der Waals surface area contributed by atoms with Gasteiger partial charge in [0, 0.05) is 13.8 Å². The van der Waals surface area contributed by atoms with Crippen molar-refractivity contribution in [2.45, 2.75) is 13.8 Å². The Morgan fingerprint density at radius 2 is 1.47 bits per heavy atom. The number of carbonyl (C=O) groups is 3. The molecule has 0 spiro atoms. The van der Waals surface area contributed by atoms with Crippen LogP contribution < -0.4 is 0 Å². The highest BCUT2D eigenvalue weighted by molar-refractivity contribution is 5.87. The van der Waals surface area contributed by atoms with Gasteiger partial charge < -0.3 is 14.4 Å². The summed E-state index contributed by atoms with van der Waals surface area (Å²) in [5.74, 6) is -1.11. The van der Waals surface area contributed by atoms with Gasteiger partial charge in [0.15, 0.2) is 0 Å². The van der Waals surface area contributed by atoms with Crippen LogP contribution in [-0.2, 0) is 23.9 Å². The molecule has 0 heterocycles. The van der Waals surface area contributed by atoms with Crippen molar-refractivity contribution in [2.75, 3.05) is 26.3 Å². The Kier molecular flexibility index (Phi) is 7.41. The van der Waals surface area contributed by atoms with Crippen molar-refractivity contribution >= 4 is 17.8 Å². The van der Waals surface area contributed by atoms with Gasteiger partial charge in [-0.1, -0.05) is 6.58 Å². The lowest BCUT2D eigenvalue weighted by Crippen LogP contribution is -2.36. The highest BCUT2D eigenvalue weighted by atomic mass is 16.5. The van der Waals surface area contributed by atoms with Crippen molar-refractivity contribution in [3.8, 4) is 0 Å². The van der Waals surface area contributed by atoms with E-state index < -0.39 is 11.9 Å². The monoisotopic (exact) mass is 243 g/mol. The molecular weight excluding hydrogens is 226 g/mol. The van der Waals surface area contributed by atoms with Gasteiger partial charge >= 0.3 is 11.9 Å². The lowest BCUT2D eigenvalue weighted by Gasteiger charge is -2.20. The number of esters is 2. The third kappa shape index (κ3) is 8.01. The molecule has 0 saturated heterocycles. The van der Waals surface area contributed by atoms with Crippen molar-refractivity contribution in [1.82, 2.24) is 4.90 Å². The summed E-state index contributed by atoms with van der Waals surface area (Å²) < 4.78 is 9.44. The molecule has 0 aromatic rings. The van der Waals surface area contributed by atoms with Gasteiger partial charge in [0.25, 0.3) is 0 Å². The first-order valence-corrected chi connectivity index (χ1v) is 5.15. The topological polar surface area (TPSA) is 72.9 Å². The number of carbonyl (C=O) groups excluding carboxylic acids is 3. The van der Waals surface area contributed by atoms with E-state index in [1.807, 2.05) is 0 Å². The molecule has 0 aromatic carbocycles. The first kappa shape index (κ1) is 15.2. The molecular formula is C11H17NO5. The molecule has 6 heteroatoms. The lowest BCUT2D eigenvalue weighted by atomic mass is 10.4. The fourth-order valence-corrected chi connectivity index (χ4v) is 1.06. The molecule has 0 radical (unpaired) electrons. The van der Waals surface area contributed by atoms with Crippen LogP contribution in [0.1, 0.15) is 13.8 Å². The average molecular weight is 243 g/mol. The first-order chi connectivity index (χ1) is 7.97. The Hall–Kier alpha value is -1.85.